The summed E-state index contributed by atoms with van der Waals surface area (Å²) in [4.78, 5) is 6.62. The van der Waals surface area contributed by atoms with Crippen LogP contribution in [-0.2, 0) is 13.1 Å². The predicted molar refractivity (Wildman–Crippen MR) is 95.5 cm³/mol. The van der Waals surface area contributed by atoms with Crippen LogP contribution in [0.2, 0.25) is 0 Å². The summed E-state index contributed by atoms with van der Waals surface area (Å²) >= 11 is 0. The zero-order chi connectivity index (χ0) is 16.5. The van der Waals surface area contributed by atoms with Crippen molar-refractivity contribution < 1.29 is 5.11 Å². The van der Waals surface area contributed by atoms with E-state index in [2.05, 4.69) is 51.7 Å². The van der Waals surface area contributed by atoms with Crippen molar-refractivity contribution in [3.8, 4) is 0 Å². The summed E-state index contributed by atoms with van der Waals surface area (Å²) in [5.41, 5.74) is 2.58. The Hall–Kier alpha value is -1.59. The van der Waals surface area contributed by atoms with Gasteiger partial charge in [0.2, 0.25) is 0 Å². The number of hydrogen-bond acceptors (Lipinski definition) is 3. The minimum absolute atomic E-state index is 0.101. The summed E-state index contributed by atoms with van der Waals surface area (Å²) in [7, 11) is 1.80. The van der Waals surface area contributed by atoms with E-state index in [1.165, 1.54) is 11.1 Å². The lowest BCUT2D eigenvalue weighted by Gasteiger charge is -2.29. The van der Waals surface area contributed by atoms with E-state index >= 15 is 0 Å². The van der Waals surface area contributed by atoms with Crippen molar-refractivity contribution in [1.29, 1.82) is 0 Å². The lowest BCUT2D eigenvalue weighted by Crippen LogP contribution is -2.37. The number of likely N-dealkylation sites (tertiary alicyclic amines) is 1. The fourth-order valence-electron chi connectivity index (χ4n) is 2.75. The van der Waals surface area contributed by atoms with Crippen LogP contribution < -0.4 is 10.6 Å². The molecule has 1 aromatic rings. The van der Waals surface area contributed by atoms with Crippen molar-refractivity contribution in [3.63, 3.8) is 0 Å². The Morgan fingerprint density at radius 3 is 2.43 bits per heavy atom. The molecule has 5 nitrogen and oxygen atoms in total. The van der Waals surface area contributed by atoms with E-state index < -0.39 is 0 Å². The second kappa shape index (κ2) is 9.53. The molecular formula is C18H30N4O. The molecule has 1 fully saturated rings. The fraction of sp³-hybridized carbons (Fsp3) is 0.611. The monoisotopic (exact) mass is 318 g/mol. The number of hydrogen-bond donors (Lipinski definition) is 3. The molecule has 0 bridgehead atoms. The van der Waals surface area contributed by atoms with Gasteiger partial charge in [-0.05, 0) is 30.4 Å². The van der Waals surface area contributed by atoms with Gasteiger partial charge in [0, 0.05) is 39.8 Å². The van der Waals surface area contributed by atoms with E-state index in [-0.39, 0.29) is 6.10 Å². The van der Waals surface area contributed by atoms with Crippen LogP contribution in [0.4, 0.5) is 0 Å². The van der Waals surface area contributed by atoms with Crippen LogP contribution in [0.5, 0.6) is 0 Å². The molecule has 0 aliphatic carbocycles. The third-order valence-electron chi connectivity index (χ3n) is 4.21. The van der Waals surface area contributed by atoms with Crippen LogP contribution in [0.15, 0.2) is 29.3 Å². The van der Waals surface area contributed by atoms with Crippen LogP contribution in [0, 0.1) is 0 Å². The molecule has 0 amide bonds. The Bertz CT molecular complexity index is 478. The van der Waals surface area contributed by atoms with Crippen molar-refractivity contribution in [2.24, 2.45) is 4.99 Å². The van der Waals surface area contributed by atoms with Gasteiger partial charge < -0.3 is 15.7 Å². The Labute approximate surface area is 139 Å². The summed E-state index contributed by atoms with van der Waals surface area (Å²) in [6, 6.07) is 8.75. The minimum atomic E-state index is -0.101. The number of aliphatic hydroxyl groups excluding tert-OH is 1. The SMILES string of the molecule is CCCNC(=NC)NCc1ccc(CN2CCC(O)CC2)cc1. The summed E-state index contributed by atoms with van der Waals surface area (Å²) < 4.78 is 0. The third-order valence-corrected chi connectivity index (χ3v) is 4.21. The van der Waals surface area contributed by atoms with Crippen molar-refractivity contribution in [2.75, 3.05) is 26.7 Å². The number of nitrogens with zero attached hydrogens (tertiary/aromatic N) is 2. The van der Waals surface area contributed by atoms with E-state index in [0.29, 0.717) is 0 Å². The molecule has 128 valence electrons. The molecule has 0 unspecified atom stereocenters. The third kappa shape index (κ3) is 6.20. The molecule has 3 N–H and O–H groups in total. The smallest absolute Gasteiger partial charge is 0.191 e. The number of rotatable bonds is 6. The number of aliphatic hydroxyl groups is 1. The fourth-order valence-corrected chi connectivity index (χ4v) is 2.75. The first kappa shape index (κ1) is 17.8. The molecule has 1 aliphatic rings. The van der Waals surface area contributed by atoms with E-state index in [0.717, 1.165) is 57.9 Å². The van der Waals surface area contributed by atoms with Gasteiger partial charge in [-0.25, -0.2) is 0 Å². The maximum absolute atomic E-state index is 9.56. The number of aliphatic imine (C=N–C) groups is 1. The van der Waals surface area contributed by atoms with E-state index in [1.54, 1.807) is 7.05 Å². The number of nitrogens with one attached hydrogen (secondary N) is 2. The maximum Gasteiger partial charge on any atom is 0.191 e. The van der Waals surface area contributed by atoms with Gasteiger partial charge in [0.1, 0.15) is 0 Å². The number of benzene rings is 1. The highest BCUT2D eigenvalue weighted by molar-refractivity contribution is 5.79. The van der Waals surface area contributed by atoms with Crippen molar-refractivity contribution >= 4 is 5.96 Å². The molecule has 2 rings (SSSR count). The summed E-state index contributed by atoms with van der Waals surface area (Å²) in [5.74, 6) is 0.850. The molecule has 1 aromatic carbocycles. The number of piperidine rings is 1. The topological polar surface area (TPSA) is 59.9 Å². The molecule has 1 aliphatic heterocycles. The standard InChI is InChI=1S/C18H30N4O/c1-3-10-20-18(19-2)21-13-15-4-6-16(7-5-15)14-22-11-8-17(23)9-12-22/h4-7,17,23H,3,8-14H2,1-2H3,(H2,19,20,21). The molecular weight excluding hydrogens is 288 g/mol. The van der Waals surface area contributed by atoms with Gasteiger partial charge in [0.05, 0.1) is 6.10 Å². The molecule has 23 heavy (non-hydrogen) atoms. The molecule has 0 radical (unpaired) electrons. The molecule has 0 atom stereocenters. The molecule has 0 aromatic heterocycles. The predicted octanol–water partition coefficient (Wildman–Crippen LogP) is 1.72. The van der Waals surface area contributed by atoms with E-state index in [4.69, 9.17) is 0 Å². The van der Waals surface area contributed by atoms with Crippen LogP contribution in [0.3, 0.4) is 0 Å². The normalized spacial score (nSPS) is 17.3. The maximum atomic E-state index is 9.56. The van der Waals surface area contributed by atoms with Gasteiger partial charge in [0.15, 0.2) is 5.96 Å². The van der Waals surface area contributed by atoms with Crippen molar-refractivity contribution in [1.82, 2.24) is 15.5 Å². The quantitative estimate of drug-likeness (QED) is 0.552. The Morgan fingerprint density at radius 2 is 1.83 bits per heavy atom. The Morgan fingerprint density at radius 1 is 1.17 bits per heavy atom. The Balaban J connectivity index is 1.77. The first-order valence-electron chi connectivity index (χ1n) is 8.64. The molecule has 0 spiro atoms. The van der Waals surface area contributed by atoms with Crippen LogP contribution in [0.25, 0.3) is 0 Å². The first-order valence-corrected chi connectivity index (χ1v) is 8.64. The largest absolute Gasteiger partial charge is 0.393 e. The Kier molecular flexibility index (Phi) is 7.36. The van der Waals surface area contributed by atoms with Crippen LogP contribution in [-0.4, -0.2) is 48.8 Å². The van der Waals surface area contributed by atoms with Crippen LogP contribution >= 0.6 is 0 Å². The summed E-state index contributed by atoms with van der Waals surface area (Å²) in [5, 5.41) is 16.2. The average Bonchev–Trinajstić information content (AvgIpc) is 2.58. The molecule has 1 saturated heterocycles. The van der Waals surface area contributed by atoms with Gasteiger partial charge in [-0.1, -0.05) is 31.2 Å². The van der Waals surface area contributed by atoms with Gasteiger partial charge in [-0.2, -0.15) is 0 Å². The van der Waals surface area contributed by atoms with Gasteiger partial charge >= 0.3 is 0 Å². The first-order chi connectivity index (χ1) is 11.2. The molecule has 0 saturated carbocycles. The highest BCUT2D eigenvalue weighted by Gasteiger charge is 2.16. The lowest BCUT2D eigenvalue weighted by molar-refractivity contribution is 0.0792. The highest BCUT2D eigenvalue weighted by atomic mass is 16.3. The average molecular weight is 318 g/mol. The summed E-state index contributed by atoms with van der Waals surface area (Å²) in [6.45, 7) is 6.80. The van der Waals surface area contributed by atoms with E-state index in [1.807, 2.05) is 0 Å². The van der Waals surface area contributed by atoms with Crippen molar-refractivity contribution in [2.45, 2.75) is 45.4 Å². The minimum Gasteiger partial charge on any atom is -0.393 e. The molecule has 5 heteroatoms. The second-order valence-corrected chi connectivity index (χ2v) is 6.18. The van der Waals surface area contributed by atoms with Gasteiger partial charge in [-0.15, -0.1) is 0 Å². The highest BCUT2D eigenvalue weighted by Crippen LogP contribution is 2.14. The summed E-state index contributed by atoms with van der Waals surface area (Å²) in [6.07, 6.45) is 2.77. The zero-order valence-corrected chi connectivity index (χ0v) is 14.4. The lowest BCUT2D eigenvalue weighted by atomic mass is 10.1. The molecule has 1 heterocycles. The van der Waals surface area contributed by atoms with Gasteiger partial charge in [-0.3, -0.25) is 9.89 Å². The zero-order valence-electron chi connectivity index (χ0n) is 14.4. The van der Waals surface area contributed by atoms with E-state index in [9.17, 15) is 5.11 Å². The number of guanidine groups is 1. The van der Waals surface area contributed by atoms with Gasteiger partial charge in [0.25, 0.3) is 0 Å². The van der Waals surface area contributed by atoms with Crippen molar-refractivity contribution in [3.05, 3.63) is 35.4 Å². The second-order valence-electron chi connectivity index (χ2n) is 6.18. The van der Waals surface area contributed by atoms with Crippen LogP contribution in [0.1, 0.15) is 37.3 Å².